The number of hydrogen-bond donors (Lipinski definition) is 0. The lowest BCUT2D eigenvalue weighted by molar-refractivity contribution is -0.125. The highest BCUT2D eigenvalue weighted by molar-refractivity contribution is 6.32. The predicted molar refractivity (Wildman–Crippen MR) is 127 cm³/mol. The van der Waals surface area contributed by atoms with Crippen molar-refractivity contribution >= 4 is 23.6 Å². The van der Waals surface area contributed by atoms with Crippen LogP contribution < -0.4 is 14.2 Å². The number of aromatic nitrogens is 1. The van der Waals surface area contributed by atoms with Crippen LogP contribution in [0.2, 0.25) is 5.02 Å². The second-order valence-corrected chi connectivity index (χ2v) is 7.78. The number of benzene rings is 2. The molecule has 0 fully saturated rings. The lowest BCUT2D eigenvalue weighted by atomic mass is 10.1. The number of hydrogen-bond acceptors (Lipinski definition) is 6. The van der Waals surface area contributed by atoms with Gasteiger partial charge in [-0.05, 0) is 49.8 Å². The van der Waals surface area contributed by atoms with Crippen molar-refractivity contribution in [2.45, 2.75) is 20.5 Å². The Kier molecular flexibility index (Phi) is 8.38. The molecule has 0 aliphatic rings. The molecule has 0 bridgehead atoms. The van der Waals surface area contributed by atoms with Gasteiger partial charge >= 0.3 is 0 Å². The number of halogens is 1. The van der Waals surface area contributed by atoms with Gasteiger partial charge in [-0.15, -0.1) is 0 Å². The molecule has 0 aliphatic carbocycles. The molecule has 0 spiro atoms. The van der Waals surface area contributed by atoms with Crippen LogP contribution in [0.5, 0.6) is 17.2 Å². The van der Waals surface area contributed by atoms with Crippen molar-refractivity contribution in [2.24, 2.45) is 0 Å². The topological polar surface area (TPSA) is 74.0 Å². The van der Waals surface area contributed by atoms with Gasteiger partial charge in [-0.3, -0.25) is 4.79 Å². The van der Waals surface area contributed by atoms with Crippen molar-refractivity contribution in [1.29, 1.82) is 0 Å². The van der Waals surface area contributed by atoms with Crippen LogP contribution in [0, 0.1) is 13.8 Å². The lowest BCUT2D eigenvalue weighted by Gasteiger charge is -2.16. The second kappa shape index (κ2) is 11.4. The summed E-state index contributed by atoms with van der Waals surface area (Å²) in [6.45, 7) is 4.81. The standard InChI is InChI=1S/C25H27ClN2O5/c1-17-20(18(2)33-27-17)16-32-23-11-9-19(15-24(23)30-4)10-12-25(29)28(3)13-14-31-22-8-6-5-7-21(22)26/h5-12,15H,13-14,16H2,1-4H3/b12-10+. The Bertz CT molecular complexity index is 1110. The summed E-state index contributed by atoms with van der Waals surface area (Å²) in [5.41, 5.74) is 2.52. The molecular weight excluding hydrogens is 444 g/mol. The maximum absolute atomic E-state index is 12.4. The fourth-order valence-corrected chi connectivity index (χ4v) is 3.21. The normalized spacial score (nSPS) is 10.9. The van der Waals surface area contributed by atoms with E-state index < -0.39 is 0 Å². The number of rotatable bonds is 10. The van der Waals surface area contributed by atoms with E-state index in [9.17, 15) is 4.79 Å². The van der Waals surface area contributed by atoms with Gasteiger partial charge in [0.15, 0.2) is 11.5 Å². The fourth-order valence-electron chi connectivity index (χ4n) is 3.02. The minimum absolute atomic E-state index is 0.143. The van der Waals surface area contributed by atoms with E-state index in [0.717, 1.165) is 22.6 Å². The molecule has 0 unspecified atom stereocenters. The Morgan fingerprint density at radius 3 is 2.61 bits per heavy atom. The smallest absolute Gasteiger partial charge is 0.246 e. The summed E-state index contributed by atoms with van der Waals surface area (Å²) in [5, 5.41) is 4.47. The van der Waals surface area contributed by atoms with E-state index in [1.165, 1.54) is 6.08 Å². The van der Waals surface area contributed by atoms with E-state index in [-0.39, 0.29) is 5.91 Å². The SMILES string of the molecule is COc1cc(/C=C/C(=O)N(C)CCOc2ccccc2Cl)ccc1OCc1c(C)noc1C. The van der Waals surface area contributed by atoms with Gasteiger partial charge in [0.2, 0.25) is 5.91 Å². The number of amides is 1. The molecule has 3 rings (SSSR count). The first-order chi connectivity index (χ1) is 15.9. The van der Waals surface area contributed by atoms with Crippen molar-refractivity contribution in [3.63, 3.8) is 0 Å². The average Bonchev–Trinajstić information content (AvgIpc) is 3.14. The molecule has 7 nitrogen and oxygen atoms in total. The van der Waals surface area contributed by atoms with Gasteiger partial charge in [0.05, 0.1) is 29.9 Å². The Morgan fingerprint density at radius 2 is 1.91 bits per heavy atom. The van der Waals surface area contributed by atoms with Gasteiger partial charge in [-0.25, -0.2) is 0 Å². The summed E-state index contributed by atoms with van der Waals surface area (Å²) in [4.78, 5) is 14.0. The third-order valence-corrected chi connectivity index (χ3v) is 5.37. The second-order valence-electron chi connectivity index (χ2n) is 7.37. The first-order valence-corrected chi connectivity index (χ1v) is 10.8. The van der Waals surface area contributed by atoms with Crippen LogP contribution in [-0.4, -0.2) is 43.3 Å². The van der Waals surface area contributed by atoms with E-state index in [1.807, 2.05) is 44.2 Å². The van der Waals surface area contributed by atoms with Crippen molar-refractivity contribution < 1.29 is 23.5 Å². The van der Waals surface area contributed by atoms with Crippen LogP contribution in [0.1, 0.15) is 22.6 Å². The fraction of sp³-hybridized carbons (Fsp3) is 0.280. The minimum Gasteiger partial charge on any atom is -0.493 e. The van der Waals surface area contributed by atoms with Crippen molar-refractivity contribution in [2.75, 3.05) is 27.3 Å². The third-order valence-electron chi connectivity index (χ3n) is 5.06. The van der Waals surface area contributed by atoms with E-state index in [4.69, 9.17) is 30.3 Å². The highest BCUT2D eigenvalue weighted by Crippen LogP contribution is 2.30. The van der Waals surface area contributed by atoms with Gasteiger partial charge in [0.1, 0.15) is 24.7 Å². The zero-order chi connectivity index (χ0) is 23.8. The van der Waals surface area contributed by atoms with Crippen molar-refractivity contribution in [1.82, 2.24) is 10.1 Å². The molecule has 0 aliphatic heterocycles. The van der Waals surface area contributed by atoms with Crippen LogP contribution >= 0.6 is 11.6 Å². The molecule has 1 heterocycles. The monoisotopic (exact) mass is 470 g/mol. The minimum atomic E-state index is -0.143. The van der Waals surface area contributed by atoms with Gasteiger partial charge < -0.3 is 23.6 Å². The maximum atomic E-state index is 12.4. The Morgan fingerprint density at radius 1 is 1.12 bits per heavy atom. The third kappa shape index (κ3) is 6.52. The lowest BCUT2D eigenvalue weighted by Crippen LogP contribution is -2.29. The molecule has 174 valence electrons. The predicted octanol–water partition coefficient (Wildman–Crippen LogP) is 5.08. The number of aryl methyl sites for hydroxylation is 2. The van der Waals surface area contributed by atoms with Crippen LogP contribution in [0.3, 0.4) is 0 Å². The van der Waals surface area contributed by atoms with Gasteiger partial charge in [0, 0.05) is 13.1 Å². The molecule has 1 amide bonds. The van der Waals surface area contributed by atoms with Crippen LogP contribution in [-0.2, 0) is 11.4 Å². The summed E-state index contributed by atoms with van der Waals surface area (Å²) in [6, 6.07) is 12.7. The average molecular weight is 471 g/mol. The maximum Gasteiger partial charge on any atom is 0.246 e. The van der Waals surface area contributed by atoms with Crippen LogP contribution in [0.15, 0.2) is 53.1 Å². The summed E-state index contributed by atoms with van der Waals surface area (Å²) < 4.78 is 22.2. The molecule has 3 aromatic rings. The highest BCUT2D eigenvalue weighted by atomic mass is 35.5. The van der Waals surface area contributed by atoms with E-state index in [2.05, 4.69) is 5.16 Å². The Labute approximate surface area is 198 Å². The van der Waals surface area contributed by atoms with E-state index >= 15 is 0 Å². The Balaban J connectivity index is 1.55. The summed E-state index contributed by atoms with van der Waals surface area (Å²) in [6.07, 6.45) is 3.24. The number of para-hydroxylation sites is 1. The number of methoxy groups -OCH3 is 1. The summed E-state index contributed by atoms with van der Waals surface area (Å²) >= 11 is 6.07. The van der Waals surface area contributed by atoms with Gasteiger partial charge in [0.25, 0.3) is 0 Å². The number of carbonyl (C=O) groups excluding carboxylic acids is 1. The molecule has 1 aromatic heterocycles. The van der Waals surface area contributed by atoms with E-state index in [0.29, 0.717) is 42.0 Å². The highest BCUT2D eigenvalue weighted by Gasteiger charge is 2.12. The van der Waals surface area contributed by atoms with Crippen LogP contribution in [0.4, 0.5) is 0 Å². The van der Waals surface area contributed by atoms with Gasteiger partial charge in [-0.2, -0.15) is 0 Å². The molecule has 0 N–H and O–H groups in total. The first-order valence-electron chi connectivity index (χ1n) is 10.4. The zero-order valence-electron chi connectivity index (χ0n) is 19.1. The molecule has 33 heavy (non-hydrogen) atoms. The molecular formula is C25H27ClN2O5. The number of ether oxygens (including phenoxy) is 3. The van der Waals surface area contributed by atoms with Crippen molar-refractivity contribution in [3.05, 3.63) is 76.1 Å². The summed E-state index contributed by atoms with van der Waals surface area (Å²) in [5.74, 6) is 2.34. The van der Waals surface area contributed by atoms with Crippen LogP contribution in [0.25, 0.3) is 6.08 Å². The molecule has 0 saturated heterocycles. The van der Waals surface area contributed by atoms with E-state index in [1.54, 1.807) is 37.3 Å². The van der Waals surface area contributed by atoms with Crippen molar-refractivity contribution in [3.8, 4) is 17.2 Å². The molecule has 0 radical (unpaired) electrons. The summed E-state index contributed by atoms with van der Waals surface area (Å²) in [7, 11) is 3.29. The molecule has 8 heteroatoms. The number of nitrogens with zero attached hydrogens (tertiary/aromatic N) is 2. The first kappa shape index (κ1) is 24.2. The zero-order valence-corrected chi connectivity index (χ0v) is 19.9. The molecule has 2 aromatic carbocycles. The quantitative estimate of drug-likeness (QED) is 0.384. The van der Waals surface area contributed by atoms with Gasteiger partial charge in [-0.1, -0.05) is 35.0 Å². The molecule has 0 saturated carbocycles. The Hall–Kier alpha value is -3.45. The largest absolute Gasteiger partial charge is 0.493 e. The molecule has 0 atom stereocenters. The number of likely N-dealkylation sites (N-methyl/N-ethyl adjacent to an activating group) is 1. The number of carbonyl (C=O) groups is 1.